The highest BCUT2D eigenvalue weighted by Crippen LogP contribution is 2.21. The van der Waals surface area contributed by atoms with Gasteiger partial charge in [0.15, 0.2) is 0 Å². The molecule has 0 aromatic carbocycles. The summed E-state index contributed by atoms with van der Waals surface area (Å²) in [6.07, 6.45) is 3.36. The Morgan fingerprint density at radius 3 is 2.77 bits per heavy atom. The summed E-state index contributed by atoms with van der Waals surface area (Å²) >= 11 is 0. The van der Waals surface area contributed by atoms with Crippen molar-refractivity contribution in [1.29, 1.82) is 0 Å². The van der Waals surface area contributed by atoms with Crippen LogP contribution in [0.25, 0.3) is 0 Å². The second-order valence-electron chi connectivity index (χ2n) is 6.82. The zero-order valence-corrected chi connectivity index (χ0v) is 13.8. The van der Waals surface area contributed by atoms with Gasteiger partial charge in [-0.25, -0.2) is 4.79 Å². The molecule has 1 aromatic rings. The zero-order chi connectivity index (χ0) is 16.3. The van der Waals surface area contributed by atoms with Crippen molar-refractivity contribution in [2.24, 2.45) is 13.0 Å². The number of nitrogens with zero attached hydrogens (tertiary/aromatic N) is 3. The molecule has 6 nitrogen and oxygen atoms in total. The summed E-state index contributed by atoms with van der Waals surface area (Å²) in [7, 11) is 1.89. The summed E-state index contributed by atoms with van der Waals surface area (Å²) in [5.74, 6) is 0.123. The number of Topliss-reactive ketones (excluding diaryl/α,β-unsaturated/α-hetero) is 1. The lowest BCUT2D eigenvalue weighted by atomic mass is 9.91. The van der Waals surface area contributed by atoms with Gasteiger partial charge in [-0.05, 0) is 39.7 Å². The van der Waals surface area contributed by atoms with Crippen molar-refractivity contribution in [2.75, 3.05) is 13.1 Å². The molecule has 1 aromatic heterocycles. The molecule has 122 valence electrons. The minimum absolute atomic E-state index is 0.115. The minimum atomic E-state index is -0.511. The van der Waals surface area contributed by atoms with Gasteiger partial charge in [0.25, 0.3) is 0 Å². The van der Waals surface area contributed by atoms with E-state index < -0.39 is 5.60 Å². The molecular weight excluding hydrogens is 282 g/mol. The Hall–Kier alpha value is -1.85. The van der Waals surface area contributed by atoms with Crippen LogP contribution in [-0.4, -0.2) is 45.2 Å². The van der Waals surface area contributed by atoms with E-state index in [0.717, 1.165) is 18.5 Å². The maximum absolute atomic E-state index is 12.1. The van der Waals surface area contributed by atoms with E-state index in [2.05, 4.69) is 5.10 Å². The Balaban J connectivity index is 1.92. The van der Waals surface area contributed by atoms with Crippen LogP contribution in [0.2, 0.25) is 0 Å². The first-order valence-electron chi connectivity index (χ1n) is 7.74. The molecule has 1 aliphatic rings. The van der Waals surface area contributed by atoms with Gasteiger partial charge in [-0.3, -0.25) is 9.48 Å². The van der Waals surface area contributed by atoms with Crippen LogP contribution in [-0.2, 0) is 23.0 Å². The van der Waals surface area contributed by atoms with Crippen LogP contribution in [0, 0.1) is 5.92 Å². The fraction of sp³-hybridized carbons (Fsp3) is 0.688. The standard InChI is InChI=1S/C16H25N3O3/c1-16(2,3)22-15(21)19-10-8-14(20)12(11-19)5-6-13-7-9-17-18(13)4/h7,9,12H,5-6,8,10-11H2,1-4H3. The molecule has 0 saturated carbocycles. The highest BCUT2D eigenvalue weighted by Gasteiger charge is 2.32. The largest absolute Gasteiger partial charge is 0.444 e. The van der Waals surface area contributed by atoms with Gasteiger partial charge in [0.2, 0.25) is 0 Å². The van der Waals surface area contributed by atoms with E-state index in [0.29, 0.717) is 19.5 Å². The Bertz CT molecular complexity index is 545. The summed E-state index contributed by atoms with van der Waals surface area (Å²) < 4.78 is 7.21. The normalized spacial score (nSPS) is 19.4. The second-order valence-corrected chi connectivity index (χ2v) is 6.82. The fourth-order valence-corrected chi connectivity index (χ4v) is 2.62. The molecule has 0 spiro atoms. The van der Waals surface area contributed by atoms with Gasteiger partial charge in [-0.15, -0.1) is 0 Å². The summed E-state index contributed by atoms with van der Waals surface area (Å²) in [4.78, 5) is 25.9. The highest BCUT2D eigenvalue weighted by atomic mass is 16.6. The number of aromatic nitrogens is 2. The SMILES string of the molecule is Cn1nccc1CCC1CN(C(=O)OC(C)(C)C)CCC1=O. The lowest BCUT2D eigenvalue weighted by Gasteiger charge is -2.33. The van der Waals surface area contributed by atoms with E-state index in [-0.39, 0.29) is 17.8 Å². The van der Waals surface area contributed by atoms with Crippen molar-refractivity contribution in [3.8, 4) is 0 Å². The van der Waals surface area contributed by atoms with Crippen molar-refractivity contribution >= 4 is 11.9 Å². The molecule has 0 N–H and O–H groups in total. The smallest absolute Gasteiger partial charge is 0.410 e. The molecule has 6 heteroatoms. The molecule has 1 aliphatic heterocycles. The Morgan fingerprint density at radius 2 is 2.18 bits per heavy atom. The number of piperidine rings is 1. The van der Waals surface area contributed by atoms with E-state index in [4.69, 9.17) is 4.74 Å². The van der Waals surface area contributed by atoms with Crippen molar-refractivity contribution in [1.82, 2.24) is 14.7 Å². The topological polar surface area (TPSA) is 64.4 Å². The predicted molar refractivity (Wildman–Crippen MR) is 82.5 cm³/mol. The quantitative estimate of drug-likeness (QED) is 0.858. The summed E-state index contributed by atoms with van der Waals surface area (Å²) in [6, 6.07) is 1.96. The average Bonchev–Trinajstić information content (AvgIpc) is 2.81. The van der Waals surface area contributed by atoms with Gasteiger partial charge in [0.1, 0.15) is 11.4 Å². The lowest BCUT2D eigenvalue weighted by Crippen LogP contribution is -2.46. The van der Waals surface area contributed by atoms with Crippen LogP contribution in [0.5, 0.6) is 0 Å². The third-order valence-electron chi connectivity index (χ3n) is 3.85. The molecule has 2 rings (SSSR count). The number of ether oxygens (including phenoxy) is 1. The van der Waals surface area contributed by atoms with Gasteiger partial charge < -0.3 is 9.64 Å². The average molecular weight is 307 g/mol. The van der Waals surface area contributed by atoms with E-state index >= 15 is 0 Å². The third-order valence-corrected chi connectivity index (χ3v) is 3.85. The van der Waals surface area contributed by atoms with E-state index in [1.807, 2.05) is 38.6 Å². The van der Waals surface area contributed by atoms with Crippen LogP contribution in [0.3, 0.4) is 0 Å². The first-order valence-corrected chi connectivity index (χ1v) is 7.74. The molecule has 1 unspecified atom stereocenters. The van der Waals surface area contributed by atoms with Crippen LogP contribution in [0.1, 0.15) is 39.3 Å². The van der Waals surface area contributed by atoms with Gasteiger partial charge in [0.05, 0.1) is 0 Å². The van der Waals surface area contributed by atoms with Gasteiger partial charge in [-0.1, -0.05) is 0 Å². The molecule has 1 fully saturated rings. The minimum Gasteiger partial charge on any atom is -0.444 e. The van der Waals surface area contributed by atoms with Gasteiger partial charge in [0, 0.05) is 44.4 Å². The maximum atomic E-state index is 12.1. The monoisotopic (exact) mass is 307 g/mol. The van der Waals surface area contributed by atoms with Crippen LogP contribution >= 0.6 is 0 Å². The Kier molecular flexibility index (Phi) is 4.88. The maximum Gasteiger partial charge on any atom is 0.410 e. The van der Waals surface area contributed by atoms with Gasteiger partial charge in [-0.2, -0.15) is 5.10 Å². The molecule has 1 amide bonds. The summed E-state index contributed by atoms with van der Waals surface area (Å²) in [5.41, 5.74) is 0.588. The molecule has 0 bridgehead atoms. The third kappa shape index (κ3) is 4.32. The second kappa shape index (κ2) is 6.50. The number of ketones is 1. The lowest BCUT2D eigenvalue weighted by molar-refractivity contribution is -0.126. The Labute approximate surface area is 131 Å². The molecule has 22 heavy (non-hydrogen) atoms. The zero-order valence-electron chi connectivity index (χ0n) is 13.8. The van der Waals surface area contributed by atoms with Crippen molar-refractivity contribution in [3.63, 3.8) is 0 Å². The van der Waals surface area contributed by atoms with Crippen LogP contribution in [0.4, 0.5) is 4.79 Å². The van der Waals surface area contributed by atoms with Crippen LogP contribution < -0.4 is 0 Å². The molecule has 1 saturated heterocycles. The number of rotatable bonds is 3. The predicted octanol–water partition coefficient (Wildman–Crippen LogP) is 2.18. The van der Waals surface area contributed by atoms with E-state index in [9.17, 15) is 9.59 Å². The molecule has 0 aliphatic carbocycles. The molecule has 2 heterocycles. The first kappa shape index (κ1) is 16.5. The van der Waals surface area contributed by atoms with Crippen molar-refractivity contribution in [3.05, 3.63) is 18.0 Å². The number of likely N-dealkylation sites (tertiary alicyclic amines) is 1. The van der Waals surface area contributed by atoms with Crippen molar-refractivity contribution in [2.45, 2.75) is 45.6 Å². The number of hydrogen-bond acceptors (Lipinski definition) is 4. The van der Waals surface area contributed by atoms with Crippen LogP contribution in [0.15, 0.2) is 12.3 Å². The van der Waals surface area contributed by atoms with E-state index in [1.54, 1.807) is 11.1 Å². The molecular formula is C16H25N3O3. The summed E-state index contributed by atoms with van der Waals surface area (Å²) in [6.45, 7) is 6.45. The van der Waals surface area contributed by atoms with E-state index in [1.165, 1.54) is 0 Å². The highest BCUT2D eigenvalue weighted by molar-refractivity contribution is 5.84. The first-order chi connectivity index (χ1) is 10.3. The number of carbonyl (C=O) groups is 2. The number of amides is 1. The molecule has 1 atom stereocenters. The van der Waals surface area contributed by atoms with Gasteiger partial charge >= 0.3 is 6.09 Å². The summed E-state index contributed by atoms with van der Waals surface area (Å²) in [5, 5.41) is 4.13. The van der Waals surface area contributed by atoms with Crippen molar-refractivity contribution < 1.29 is 14.3 Å². The molecule has 0 radical (unpaired) electrons. The number of aryl methyl sites for hydroxylation is 2. The number of hydrogen-bond donors (Lipinski definition) is 0. The fourth-order valence-electron chi connectivity index (χ4n) is 2.62. The number of carbonyl (C=O) groups excluding carboxylic acids is 2. The Morgan fingerprint density at radius 1 is 1.45 bits per heavy atom.